The standard InChI is InChI=1S/C13H19N3O2/c14-12(9-11-5-2-1-3-6-11)13(18)16-8-4-7-15-10-17/h1-3,5-6,10,12H,4,7-9,14H2,(H,15,17)(H,16,18). The number of amides is 2. The van der Waals surface area contributed by atoms with Crippen molar-refractivity contribution in [2.75, 3.05) is 13.1 Å². The Kier molecular flexibility index (Phi) is 6.50. The minimum atomic E-state index is -0.536. The van der Waals surface area contributed by atoms with Gasteiger partial charge in [0.1, 0.15) is 0 Å². The third-order valence-corrected chi connectivity index (χ3v) is 2.52. The van der Waals surface area contributed by atoms with Gasteiger partial charge in [-0.05, 0) is 18.4 Å². The predicted octanol–water partition coefficient (Wildman–Crippen LogP) is -0.191. The van der Waals surface area contributed by atoms with E-state index in [9.17, 15) is 9.59 Å². The third kappa shape index (κ3) is 5.45. The predicted molar refractivity (Wildman–Crippen MR) is 69.8 cm³/mol. The van der Waals surface area contributed by atoms with Gasteiger partial charge in [0.05, 0.1) is 6.04 Å². The van der Waals surface area contributed by atoms with Gasteiger partial charge in [0.25, 0.3) is 0 Å². The molecule has 0 heterocycles. The summed E-state index contributed by atoms with van der Waals surface area (Å²) in [6.07, 6.45) is 1.87. The number of carbonyl (C=O) groups excluding carboxylic acids is 2. The van der Waals surface area contributed by atoms with Gasteiger partial charge in [0.2, 0.25) is 12.3 Å². The average molecular weight is 249 g/mol. The monoisotopic (exact) mass is 249 g/mol. The van der Waals surface area contributed by atoms with E-state index in [2.05, 4.69) is 10.6 Å². The second kappa shape index (κ2) is 8.25. The Labute approximate surface area is 107 Å². The van der Waals surface area contributed by atoms with Crippen LogP contribution in [0.2, 0.25) is 0 Å². The molecule has 18 heavy (non-hydrogen) atoms. The van der Waals surface area contributed by atoms with Crippen LogP contribution >= 0.6 is 0 Å². The van der Waals surface area contributed by atoms with Crippen LogP contribution in [0, 0.1) is 0 Å². The highest BCUT2D eigenvalue weighted by Crippen LogP contribution is 2.01. The highest BCUT2D eigenvalue weighted by Gasteiger charge is 2.12. The van der Waals surface area contributed by atoms with Crippen molar-refractivity contribution in [3.8, 4) is 0 Å². The lowest BCUT2D eigenvalue weighted by Gasteiger charge is -2.12. The van der Waals surface area contributed by atoms with Crippen molar-refractivity contribution in [3.05, 3.63) is 35.9 Å². The van der Waals surface area contributed by atoms with E-state index in [1.165, 1.54) is 0 Å². The van der Waals surface area contributed by atoms with Crippen molar-refractivity contribution in [2.45, 2.75) is 18.9 Å². The number of hydrogen-bond donors (Lipinski definition) is 3. The first-order valence-electron chi connectivity index (χ1n) is 5.98. The molecule has 0 spiro atoms. The molecule has 0 radical (unpaired) electrons. The molecule has 5 nitrogen and oxygen atoms in total. The fraction of sp³-hybridized carbons (Fsp3) is 0.385. The summed E-state index contributed by atoms with van der Waals surface area (Å²) in [5.74, 6) is -0.162. The quantitative estimate of drug-likeness (QED) is 0.441. The molecule has 1 aromatic rings. The zero-order chi connectivity index (χ0) is 13.2. The van der Waals surface area contributed by atoms with Crippen molar-refractivity contribution in [3.63, 3.8) is 0 Å². The van der Waals surface area contributed by atoms with Gasteiger partial charge in [-0.3, -0.25) is 9.59 Å². The van der Waals surface area contributed by atoms with Gasteiger partial charge in [0, 0.05) is 13.1 Å². The topological polar surface area (TPSA) is 84.2 Å². The largest absolute Gasteiger partial charge is 0.359 e. The minimum Gasteiger partial charge on any atom is -0.359 e. The van der Waals surface area contributed by atoms with E-state index < -0.39 is 6.04 Å². The zero-order valence-electron chi connectivity index (χ0n) is 10.3. The van der Waals surface area contributed by atoms with Crippen molar-refractivity contribution >= 4 is 12.3 Å². The van der Waals surface area contributed by atoms with Gasteiger partial charge in [-0.2, -0.15) is 0 Å². The maximum Gasteiger partial charge on any atom is 0.237 e. The van der Waals surface area contributed by atoms with E-state index in [1.807, 2.05) is 30.3 Å². The summed E-state index contributed by atoms with van der Waals surface area (Å²) < 4.78 is 0. The molecular weight excluding hydrogens is 230 g/mol. The number of benzene rings is 1. The molecule has 0 bridgehead atoms. The Morgan fingerprint density at radius 3 is 2.67 bits per heavy atom. The summed E-state index contributed by atoms with van der Waals surface area (Å²) in [6.45, 7) is 1.07. The SMILES string of the molecule is NC(Cc1ccccc1)C(=O)NCCCNC=O. The minimum absolute atomic E-state index is 0.162. The lowest BCUT2D eigenvalue weighted by molar-refractivity contribution is -0.122. The third-order valence-electron chi connectivity index (χ3n) is 2.52. The average Bonchev–Trinajstić information content (AvgIpc) is 2.39. The van der Waals surface area contributed by atoms with E-state index in [0.29, 0.717) is 32.3 Å². The molecule has 0 aliphatic rings. The van der Waals surface area contributed by atoms with E-state index >= 15 is 0 Å². The van der Waals surface area contributed by atoms with E-state index in [-0.39, 0.29) is 5.91 Å². The molecule has 1 rings (SSSR count). The molecule has 0 fully saturated rings. The molecule has 0 aliphatic heterocycles. The summed E-state index contributed by atoms with van der Waals surface area (Å²) in [7, 11) is 0. The number of nitrogens with two attached hydrogens (primary N) is 1. The fourth-order valence-corrected chi connectivity index (χ4v) is 1.55. The summed E-state index contributed by atoms with van der Waals surface area (Å²) in [5.41, 5.74) is 6.85. The molecule has 0 saturated heterocycles. The van der Waals surface area contributed by atoms with Crippen LogP contribution in [0.4, 0.5) is 0 Å². The number of rotatable bonds is 8. The molecule has 1 unspecified atom stereocenters. The van der Waals surface area contributed by atoms with Crippen LogP contribution in [0.25, 0.3) is 0 Å². The lowest BCUT2D eigenvalue weighted by atomic mass is 10.1. The van der Waals surface area contributed by atoms with Crippen LogP contribution in [-0.4, -0.2) is 31.4 Å². The summed E-state index contributed by atoms with van der Waals surface area (Å²) in [4.78, 5) is 21.6. The molecule has 4 N–H and O–H groups in total. The van der Waals surface area contributed by atoms with Crippen LogP contribution in [0.15, 0.2) is 30.3 Å². The van der Waals surface area contributed by atoms with Crippen LogP contribution in [0.1, 0.15) is 12.0 Å². The van der Waals surface area contributed by atoms with E-state index in [4.69, 9.17) is 5.73 Å². The lowest BCUT2D eigenvalue weighted by Crippen LogP contribution is -2.42. The Hall–Kier alpha value is -1.88. The van der Waals surface area contributed by atoms with Crippen LogP contribution in [0.5, 0.6) is 0 Å². The second-order valence-electron chi connectivity index (χ2n) is 4.01. The van der Waals surface area contributed by atoms with Crippen molar-refractivity contribution in [1.29, 1.82) is 0 Å². The Morgan fingerprint density at radius 1 is 1.28 bits per heavy atom. The van der Waals surface area contributed by atoms with E-state index in [1.54, 1.807) is 0 Å². The zero-order valence-corrected chi connectivity index (χ0v) is 10.3. The van der Waals surface area contributed by atoms with Crippen LogP contribution in [-0.2, 0) is 16.0 Å². The molecule has 0 aromatic heterocycles. The molecule has 5 heteroatoms. The molecule has 2 amide bonds. The normalized spacial score (nSPS) is 11.6. The molecule has 0 aliphatic carbocycles. The molecule has 98 valence electrons. The van der Waals surface area contributed by atoms with Crippen LogP contribution < -0.4 is 16.4 Å². The first-order chi connectivity index (χ1) is 8.74. The number of hydrogen-bond acceptors (Lipinski definition) is 3. The smallest absolute Gasteiger partial charge is 0.237 e. The molecule has 1 atom stereocenters. The van der Waals surface area contributed by atoms with Gasteiger partial charge in [0.15, 0.2) is 0 Å². The number of nitrogens with one attached hydrogen (secondary N) is 2. The fourth-order valence-electron chi connectivity index (χ4n) is 1.55. The Morgan fingerprint density at radius 2 is 2.00 bits per heavy atom. The van der Waals surface area contributed by atoms with Crippen molar-refractivity contribution < 1.29 is 9.59 Å². The highest BCUT2D eigenvalue weighted by atomic mass is 16.2. The maximum absolute atomic E-state index is 11.7. The Bertz CT molecular complexity index is 368. The van der Waals surface area contributed by atoms with Gasteiger partial charge in [-0.25, -0.2) is 0 Å². The van der Waals surface area contributed by atoms with Gasteiger partial charge < -0.3 is 16.4 Å². The first-order valence-corrected chi connectivity index (χ1v) is 5.98. The summed E-state index contributed by atoms with van der Waals surface area (Å²) in [5, 5.41) is 5.27. The van der Waals surface area contributed by atoms with Gasteiger partial charge in [-0.15, -0.1) is 0 Å². The van der Waals surface area contributed by atoms with Crippen molar-refractivity contribution in [1.82, 2.24) is 10.6 Å². The maximum atomic E-state index is 11.7. The number of carbonyl (C=O) groups is 2. The first kappa shape index (κ1) is 14.2. The summed E-state index contributed by atoms with van der Waals surface area (Å²) >= 11 is 0. The molecular formula is C13H19N3O2. The summed E-state index contributed by atoms with van der Waals surface area (Å²) in [6, 6.07) is 9.12. The van der Waals surface area contributed by atoms with E-state index in [0.717, 1.165) is 5.56 Å². The van der Waals surface area contributed by atoms with Gasteiger partial charge >= 0.3 is 0 Å². The second-order valence-corrected chi connectivity index (χ2v) is 4.01. The van der Waals surface area contributed by atoms with Crippen LogP contribution in [0.3, 0.4) is 0 Å². The van der Waals surface area contributed by atoms with Gasteiger partial charge in [-0.1, -0.05) is 30.3 Å². The highest BCUT2D eigenvalue weighted by molar-refractivity contribution is 5.81. The molecule has 0 saturated carbocycles. The van der Waals surface area contributed by atoms with Crippen molar-refractivity contribution in [2.24, 2.45) is 5.73 Å². The Balaban J connectivity index is 2.23. The molecule has 1 aromatic carbocycles.